The van der Waals surface area contributed by atoms with E-state index in [1.807, 2.05) is 19.1 Å². The maximum Gasteiger partial charge on any atom is 0.253 e. The number of nitrogens with two attached hydrogens (primary N) is 1. The minimum absolute atomic E-state index is 0.0552. The summed E-state index contributed by atoms with van der Waals surface area (Å²) in [5.74, 6) is 0.536. The van der Waals surface area contributed by atoms with Crippen LogP contribution in [0.1, 0.15) is 35.7 Å². The van der Waals surface area contributed by atoms with Crippen molar-refractivity contribution in [3.63, 3.8) is 0 Å². The third-order valence-corrected chi connectivity index (χ3v) is 4.16. The molecule has 1 fully saturated rings. The summed E-state index contributed by atoms with van der Waals surface area (Å²) in [7, 11) is 0. The van der Waals surface area contributed by atoms with Crippen LogP contribution in [0.15, 0.2) is 18.2 Å². The van der Waals surface area contributed by atoms with Gasteiger partial charge < -0.3 is 16.0 Å². The molecule has 0 radical (unpaired) electrons. The number of amides is 1. The molecule has 0 aliphatic carbocycles. The summed E-state index contributed by atoms with van der Waals surface area (Å²) < 4.78 is 0. The van der Waals surface area contributed by atoms with Gasteiger partial charge in [0.05, 0.1) is 5.56 Å². The smallest absolute Gasteiger partial charge is 0.253 e. The van der Waals surface area contributed by atoms with E-state index in [9.17, 15) is 4.79 Å². The molecule has 110 valence electrons. The van der Waals surface area contributed by atoms with Gasteiger partial charge in [-0.3, -0.25) is 4.79 Å². The Morgan fingerprint density at radius 2 is 2.10 bits per heavy atom. The van der Waals surface area contributed by atoms with E-state index >= 15 is 0 Å². The van der Waals surface area contributed by atoms with Gasteiger partial charge in [0.15, 0.2) is 0 Å². The number of nitrogens with one attached hydrogen (secondary N) is 1. The molecule has 1 aromatic carbocycles. The summed E-state index contributed by atoms with van der Waals surface area (Å²) in [5.41, 5.74) is 8.12. The molecule has 0 bridgehead atoms. The van der Waals surface area contributed by atoms with Crippen molar-refractivity contribution in [2.24, 2.45) is 5.92 Å². The first-order chi connectivity index (χ1) is 9.60. The second-order valence-electron chi connectivity index (χ2n) is 5.68. The van der Waals surface area contributed by atoms with Gasteiger partial charge in [-0.1, -0.05) is 13.0 Å². The van der Waals surface area contributed by atoms with Crippen molar-refractivity contribution >= 4 is 11.6 Å². The van der Waals surface area contributed by atoms with Gasteiger partial charge in [-0.15, -0.1) is 0 Å². The third kappa shape index (κ3) is 3.73. The van der Waals surface area contributed by atoms with Gasteiger partial charge in [-0.2, -0.15) is 0 Å². The Bertz CT molecular complexity index is 465. The van der Waals surface area contributed by atoms with E-state index < -0.39 is 0 Å². The number of carbonyl (C=O) groups is 1. The van der Waals surface area contributed by atoms with Gasteiger partial charge in [0, 0.05) is 12.2 Å². The molecule has 1 aromatic rings. The highest BCUT2D eigenvalue weighted by atomic mass is 16.1. The summed E-state index contributed by atoms with van der Waals surface area (Å²) in [4.78, 5) is 14.6. The molecule has 0 unspecified atom stereocenters. The first-order valence-electron chi connectivity index (χ1n) is 7.46. The summed E-state index contributed by atoms with van der Waals surface area (Å²) in [6.45, 7) is 8.33. The Morgan fingerprint density at radius 1 is 1.40 bits per heavy atom. The maximum atomic E-state index is 12.1. The first kappa shape index (κ1) is 14.9. The number of nitrogen functional groups attached to an aromatic ring is 1. The number of benzene rings is 1. The Labute approximate surface area is 121 Å². The van der Waals surface area contributed by atoms with Crippen LogP contribution in [0, 0.1) is 12.8 Å². The molecule has 1 amide bonds. The molecule has 3 N–H and O–H groups in total. The van der Waals surface area contributed by atoms with Gasteiger partial charge in [0.2, 0.25) is 0 Å². The summed E-state index contributed by atoms with van der Waals surface area (Å²) in [5, 5.41) is 3.02. The number of likely N-dealkylation sites (tertiary alicyclic amines) is 1. The van der Waals surface area contributed by atoms with Crippen LogP contribution in [0.4, 0.5) is 5.69 Å². The number of rotatable bonds is 4. The molecule has 4 nitrogen and oxygen atoms in total. The van der Waals surface area contributed by atoms with Gasteiger partial charge in [0.25, 0.3) is 5.91 Å². The van der Waals surface area contributed by atoms with Crippen LogP contribution in [0.5, 0.6) is 0 Å². The predicted molar refractivity (Wildman–Crippen MR) is 82.8 cm³/mol. The number of piperidine rings is 1. The van der Waals surface area contributed by atoms with E-state index in [2.05, 4.69) is 17.1 Å². The summed E-state index contributed by atoms with van der Waals surface area (Å²) >= 11 is 0. The Morgan fingerprint density at radius 3 is 2.70 bits per heavy atom. The van der Waals surface area contributed by atoms with E-state index in [0.717, 1.165) is 44.6 Å². The molecule has 0 aromatic heterocycles. The van der Waals surface area contributed by atoms with Crippen LogP contribution in [-0.4, -0.2) is 37.0 Å². The van der Waals surface area contributed by atoms with Gasteiger partial charge in [-0.25, -0.2) is 0 Å². The van der Waals surface area contributed by atoms with E-state index in [-0.39, 0.29) is 5.91 Å². The zero-order valence-corrected chi connectivity index (χ0v) is 12.5. The van der Waals surface area contributed by atoms with Gasteiger partial charge >= 0.3 is 0 Å². The van der Waals surface area contributed by atoms with Crippen molar-refractivity contribution in [2.45, 2.75) is 26.7 Å². The Hall–Kier alpha value is -1.55. The van der Waals surface area contributed by atoms with Crippen LogP contribution in [0.3, 0.4) is 0 Å². The first-order valence-corrected chi connectivity index (χ1v) is 7.46. The zero-order valence-electron chi connectivity index (χ0n) is 12.5. The molecule has 0 atom stereocenters. The fourth-order valence-corrected chi connectivity index (χ4v) is 2.73. The highest BCUT2D eigenvalue weighted by Gasteiger charge is 2.19. The van der Waals surface area contributed by atoms with Crippen molar-refractivity contribution in [3.05, 3.63) is 29.3 Å². The minimum atomic E-state index is -0.0552. The van der Waals surface area contributed by atoms with Crippen molar-refractivity contribution in [3.8, 4) is 0 Å². The molecule has 1 aliphatic heterocycles. The van der Waals surface area contributed by atoms with Crippen LogP contribution in [-0.2, 0) is 0 Å². The molecular weight excluding hydrogens is 250 g/mol. The standard InChI is InChI=1S/C16H25N3O/c1-3-19-8-6-13(7-9-19)11-18-16(20)14-5-4-12(2)10-15(14)17/h4-5,10,13H,3,6-9,11,17H2,1-2H3,(H,18,20). The van der Waals surface area contributed by atoms with E-state index in [0.29, 0.717) is 17.2 Å². The number of hydrogen-bond donors (Lipinski definition) is 2. The number of hydrogen-bond acceptors (Lipinski definition) is 3. The molecule has 4 heteroatoms. The monoisotopic (exact) mass is 275 g/mol. The molecule has 0 saturated carbocycles. The maximum absolute atomic E-state index is 12.1. The molecule has 1 saturated heterocycles. The average molecular weight is 275 g/mol. The fraction of sp³-hybridized carbons (Fsp3) is 0.562. The lowest BCUT2D eigenvalue weighted by molar-refractivity contribution is 0.0938. The zero-order chi connectivity index (χ0) is 14.5. The van der Waals surface area contributed by atoms with Crippen molar-refractivity contribution < 1.29 is 4.79 Å². The topological polar surface area (TPSA) is 58.4 Å². The molecular formula is C16H25N3O. The molecule has 20 heavy (non-hydrogen) atoms. The lowest BCUT2D eigenvalue weighted by atomic mass is 9.96. The highest BCUT2D eigenvalue weighted by molar-refractivity contribution is 5.99. The van der Waals surface area contributed by atoms with Gasteiger partial charge in [0.1, 0.15) is 0 Å². The molecule has 2 rings (SSSR count). The van der Waals surface area contributed by atoms with E-state index in [1.165, 1.54) is 0 Å². The van der Waals surface area contributed by atoms with E-state index in [4.69, 9.17) is 5.73 Å². The molecule has 1 heterocycles. The van der Waals surface area contributed by atoms with Crippen LogP contribution >= 0.6 is 0 Å². The Balaban J connectivity index is 1.83. The lowest BCUT2D eigenvalue weighted by Crippen LogP contribution is -2.38. The van der Waals surface area contributed by atoms with Crippen molar-refractivity contribution in [2.75, 3.05) is 31.9 Å². The number of aryl methyl sites for hydroxylation is 1. The van der Waals surface area contributed by atoms with Crippen LogP contribution in [0.2, 0.25) is 0 Å². The second kappa shape index (κ2) is 6.75. The highest BCUT2D eigenvalue weighted by Crippen LogP contribution is 2.17. The summed E-state index contributed by atoms with van der Waals surface area (Å²) in [6, 6.07) is 5.57. The lowest BCUT2D eigenvalue weighted by Gasteiger charge is -2.31. The van der Waals surface area contributed by atoms with Crippen molar-refractivity contribution in [1.82, 2.24) is 10.2 Å². The number of anilines is 1. The predicted octanol–water partition coefficient (Wildman–Crippen LogP) is 2.04. The second-order valence-corrected chi connectivity index (χ2v) is 5.68. The van der Waals surface area contributed by atoms with Gasteiger partial charge in [-0.05, 0) is 63.0 Å². The average Bonchev–Trinajstić information content (AvgIpc) is 2.45. The fourth-order valence-electron chi connectivity index (χ4n) is 2.73. The van der Waals surface area contributed by atoms with Crippen molar-refractivity contribution in [1.29, 1.82) is 0 Å². The normalized spacial score (nSPS) is 17.1. The van der Waals surface area contributed by atoms with Crippen LogP contribution < -0.4 is 11.1 Å². The van der Waals surface area contributed by atoms with E-state index in [1.54, 1.807) is 6.07 Å². The van der Waals surface area contributed by atoms with Crippen LogP contribution in [0.25, 0.3) is 0 Å². The number of carbonyl (C=O) groups excluding carboxylic acids is 1. The molecule has 0 spiro atoms. The third-order valence-electron chi connectivity index (χ3n) is 4.16. The number of nitrogens with zero attached hydrogens (tertiary/aromatic N) is 1. The summed E-state index contributed by atoms with van der Waals surface area (Å²) in [6.07, 6.45) is 2.33. The molecule has 1 aliphatic rings. The quantitative estimate of drug-likeness (QED) is 0.827. The Kier molecular flexibility index (Phi) is 5.01. The minimum Gasteiger partial charge on any atom is -0.398 e. The SMILES string of the molecule is CCN1CCC(CNC(=O)c2ccc(C)cc2N)CC1. The largest absolute Gasteiger partial charge is 0.398 e.